The Kier molecular flexibility index (Phi) is 2.69. The van der Waals surface area contributed by atoms with E-state index in [4.69, 9.17) is 1.37 Å². The largest absolute Gasteiger partial charge is 0.395 e. The van der Waals surface area contributed by atoms with Crippen molar-refractivity contribution < 1.29 is 6.48 Å². The zero-order valence-electron chi connectivity index (χ0n) is 13.7. The molecule has 0 spiro atoms. The molecule has 0 aromatic heterocycles. The maximum atomic E-state index is 10.0. The van der Waals surface area contributed by atoms with Crippen LogP contribution in [0, 0.1) is 28.6 Å². The summed E-state index contributed by atoms with van der Waals surface area (Å²) in [6, 6.07) is 0.776. The summed E-state index contributed by atoms with van der Waals surface area (Å²) in [7, 11) is 0. The van der Waals surface area contributed by atoms with Crippen molar-refractivity contribution in [1.29, 1.82) is 0 Å². The highest BCUT2D eigenvalue weighted by Crippen LogP contribution is 2.63. The van der Waals surface area contributed by atoms with Gasteiger partial charge in [0.25, 0.3) is 0 Å². The lowest BCUT2D eigenvalue weighted by atomic mass is 9.48. The molecule has 4 aliphatic carbocycles. The summed E-state index contributed by atoms with van der Waals surface area (Å²) in [6.45, 7) is 2.77. The predicted molar refractivity (Wildman–Crippen MR) is 82.3 cm³/mol. The summed E-state index contributed by atoms with van der Waals surface area (Å²) in [5, 5.41) is 10.0. The van der Waals surface area contributed by atoms with Gasteiger partial charge in [-0.1, -0.05) is 37.1 Å². The number of aliphatic hydroxyl groups is 1. The third-order valence-electron chi connectivity index (χ3n) is 7.30. The fraction of sp³-hybridized carbons (Fsp3) is 0.789. The molecule has 2 fully saturated rings. The highest BCUT2D eigenvalue weighted by Gasteiger charge is 2.55. The maximum Gasteiger partial charge on any atom is 0.0573 e. The second kappa shape index (κ2) is 4.47. The van der Waals surface area contributed by atoms with E-state index in [1.807, 2.05) is 0 Å². The highest BCUT2D eigenvalue weighted by molar-refractivity contribution is 5.26. The Morgan fingerprint density at radius 3 is 3.05 bits per heavy atom. The van der Waals surface area contributed by atoms with E-state index >= 15 is 0 Å². The minimum atomic E-state index is -0.0609. The Hall–Kier alpha value is -0.560. The van der Waals surface area contributed by atoms with Crippen molar-refractivity contribution in [3.8, 4) is 0 Å². The molecular formula is C19H28O. The lowest BCUT2D eigenvalue weighted by Crippen LogP contribution is -2.50. The Morgan fingerprint density at radius 1 is 1.30 bits per heavy atom. The van der Waals surface area contributed by atoms with Crippen LogP contribution in [0.25, 0.3) is 0 Å². The molecule has 0 amide bonds. The predicted octanol–water partition coefficient (Wildman–Crippen LogP) is 4.48. The number of hydrogen-bond acceptors (Lipinski definition) is 1. The van der Waals surface area contributed by atoms with Crippen molar-refractivity contribution in [3.63, 3.8) is 0 Å². The van der Waals surface area contributed by atoms with Crippen LogP contribution in [0.3, 0.4) is 0 Å². The normalized spacial score (nSPS) is 51.3. The van der Waals surface area contributed by atoms with Crippen molar-refractivity contribution in [2.75, 3.05) is 6.61 Å². The van der Waals surface area contributed by atoms with Gasteiger partial charge in [0.1, 0.15) is 0 Å². The fourth-order valence-electron chi connectivity index (χ4n) is 6.11. The first kappa shape index (κ1) is 12.0. The summed E-state index contributed by atoms with van der Waals surface area (Å²) < 4.78 is 8.13. The van der Waals surface area contributed by atoms with Gasteiger partial charge in [-0.05, 0) is 68.1 Å². The summed E-state index contributed by atoms with van der Waals surface area (Å²) in [6.07, 6.45) is 14.5. The summed E-state index contributed by atoms with van der Waals surface area (Å²) in [5.74, 6) is 2.00. The molecule has 110 valence electrons. The van der Waals surface area contributed by atoms with Crippen molar-refractivity contribution in [3.05, 3.63) is 23.8 Å². The van der Waals surface area contributed by atoms with E-state index in [2.05, 4.69) is 19.1 Å². The average Bonchev–Trinajstić information content (AvgIpc) is 2.83. The molecule has 0 aromatic rings. The molecule has 0 aromatic carbocycles. The van der Waals surface area contributed by atoms with E-state index < -0.39 is 0 Å². The van der Waals surface area contributed by atoms with Gasteiger partial charge in [-0.25, -0.2) is 0 Å². The number of fused-ring (bicyclic) bond motifs is 5. The number of allylic oxidation sites excluding steroid dienone is 3. The zero-order valence-corrected chi connectivity index (χ0v) is 12.7. The molecule has 4 rings (SSSR count). The SMILES string of the molecule is [2H]C1=C[C@@]2(CO)CC[C@H]3[C@@H](CC=C4CCCC[C@@]43C)[C@@H]2C1. The van der Waals surface area contributed by atoms with Crippen LogP contribution >= 0.6 is 0 Å². The molecule has 1 heteroatoms. The topological polar surface area (TPSA) is 20.2 Å². The van der Waals surface area contributed by atoms with Crippen LogP contribution in [0.4, 0.5) is 0 Å². The first-order valence-electron chi connectivity index (χ1n) is 9.08. The molecule has 0 radical (unpaired) electrons. The quantitative estimate of drug-likeness (QED) is 0.698. The van der Waals surface area contributed by atoms with Crippen molar-refractivity contribution in [2.45, 2.75) is 58.3 Å². The standard InChI is InChI=1S/C19H28O/c1-18-10-3-2-5-14(18)7-8-15-16(18)9-12-19(13-20)11-4-6-17(15)19/h4,7,11,15-17,20H,2-3,5-6,8-10,12-13H2,1H3/t15-,16+,17+,18+,19+/m1/s1/i4D. The van der Waals surface area contributed by atoms with Gasteiger partial charge in [0.15, 0.2) is 0 Å². The molecule has 5 atom stereocenters. The second-order valence-corrected chi connectivity index (χ2v) is 7.95. The van der Waals surface area contributed by atoms with Gasteiger partial charge in [0.05, 0.1) is 7.98 Å². The number of hydrogen-bond donors (Lipinski definition) is 1. The second-order valence-electron chi connectivity index (χ2n) is 7.95. The van der Waals surface area contributed by atoms with E-state index in [1.165, 1.54) is 38.5 Å². The molecular weight excluding hydrogens is 244 g/mol. The van der Waals surface area contributed by atoms with Crippen molar-refractivity contribution >= 4 is 0 Å². The molecule has 0 aliphatic heterocycles. The number of aliphatic hydroxyl groups excluding tert-OH is 1. The average molecular weight is 273 g/mol. The lowest BCUT2D eigenvalue weighted by Gasteiger charge is -2.57. The molecule has 0 saturated heterocycles. The minimum Gasteiger partial charge on any atom is -0.395 e. The van der Waals surface area contributed by atoms with Gasteiger partial charge in [0, 0.05) is 5.41 Å². The third-order valence-corrected chi connectivity index (χ3v) is 7.30. The van der Waals surface area contributed by atoms with E-state index in [0.29, 0.717) is 17.3 Å². The highest BCUT2D eigenvalue weighted by atomic mass is 16.3. The zero-order chi connectivity index (χ0) is 14.7. The van der Waals surface area contributed by atoms with Crippen LogP contribution in [0.5, 0.6) is 0 Å². The Labute approximate surface area is 124 Å². The molecule has 0 bridgehead atoms. The van der Waals surface area contributed by atoms with E-state index in [-0.39, 0.29) is 12.0 Å². The molecule has 0 heterocycles. The van der Waals surface area contributed by atoms with E-state index in [1.54, 1.807) is 5.57 Å². The van der Waals surface area contributed by atoms with Gasteiger partial charge >= 0.3 is 0 Å². The Bertz CT molecular complexity index is 508. The van der Waals surface area contributed by atoms with Crippen LogP contribution in [0.1, 0.15) is 59.7 Å². The van der Waals surface area contributed by atoms with Gasteiger partial charge in [0.2, 0.25) is 0 Å². The summed E-state index contributed by atoms with van der Waals surface area (Å²) in [4.78, 5) is 0. The Morgan fingerprint density at radius 2 is 2.20 bits per heavy atom. The first-order valence-corrected chi connectivity index (χ1v) is 8.58. The van der Waals surface area contributed by atoms with Crippen LogP contribution < -0.4 is 0 Å². The smallest absolute Gasteiger partial charge is 0.0573 e. The molecule has 2 saturated carbocycles. The van der Waals surface area contributed by atoms with E-state index in [0.717, 1.165) is 24.8 Å². The van der Waals surface area contributed by atoms with Crippen LogP contribution in [0.2, 0.25) is 0 Å². The fourth-order valence-corrected chi connectivity index (χ4v) is 6.11. The van der Waals surface area contributed by atoms with Crippen LogP contribution in [0.15, 0.2) is 23.8 Å². The van der Waals surface area contributed by atoms with Crippen molar-refractivity contribution in [1.82, 2.24) is 0 Å². The van der Waals surface area contributed by atoms with E-state index in [9.17, 15) is 5.11 Å². The van der Waals surface area contributed by atoms with Gasteiger partial charge in [-0.15, -0.1) is 0 Å². The van der Waals surface area contributed by atoms with Gasteiger partial charge in [-0.3, -0.25) is 0 Å². The summed E-state index contributed by atoms with van der Waals surface area (Å²) in [5.41, 5.74) is 2.10. The Balaban J connectivity index is 1.70. The molecule has 1 N–H and O–H groups in total. The van der Waals surface area contributed by atoms with Crippen LogP contribution in [-0.4, -0.2) is 11.7 Å². The minimum absolute atomic E-state index is 0.0609. The monoisotopic (exact) mass is 273 g/mol. The molecule has 1 nitrogen and oxygen atoms in total. The summed E-state index contributed by atoms with van der Waals surface area (Å²) >= 11 is 0. The van der Waals surface area contributed by atoms with Gasteiger partial charge < -0.3 is 5.11 Å². The van der Waals surface area contributed by atoms with Gasteiger partial charge in [-0.2, -0.15) is 0 Å². The molecule has 0 unspecified atom stereocenters. The van der Waals surface area contributed by atoms with Crippen molar-refractivity contribution in [2.24, 2.45) is 28.6 Å². The van der Waals surface area contributed by atoms with Crippen LogP contribution in [-0.2, 0) is 0 Å². The molecule has 20 heavy (non-hydrogen) atoms. The lowest BCUT2D eigenvalue weighted by molar-refractivity contribution is -0.0415. The third kappa shape index (κ3) is 1.59. The first-order chi connectivity index (χ1) is 10.1. The molecule has 4 aliphatic rings. The maximum absolute atomic E-state index is 10.0. The number of rotatable bonds is 1.